The van der Waals surface area contributed by atoms with Crippen LogP contribution in [0.1, 0.15) is 34.2 Å². The molecule has 2 rings (SSSR count). The van der Waals surface area contributed by atoms with E-state index < -0.39 is 0 Å². The largest absolute Gasteiger partial charge is 0.296 e. The minimum Gasteiger partial charge on any atom is -0.296 e. The first-order valence-corrected chi connectivity index (χ1v) is 5.64. The number of hydrogen-bond donors (Lipinski definition) is 0. The van der Waals surface area contributed by atoms with E-state index in [9.17, 15) is 4.79 Å². The first kappa shape index (κ1) is 11.5. The van der Waals surface area contributed by atoms with Crippen molar-refractivity contribution in [2.45, 2.75) is 27.2 Å². The summed E-state index contributed by atoms with van der Waals surface area (Å²) in [5.74, 6) is 0. The molecule has 0 atom stereocenters. The van der Waals surface area contributed by atoms with Gasteiger partial charge >= 0.3 is 0 Å². The Kier molecular flexibility index (Phi) is 3.04. The van der Waals surface area contributed by atoms with Crippen molar-refractivity contribution >= 4 is 6.29 Å². The maximum Gasteiger partial charge on any atom is 0.172 e. The Labute approximate surface area is 100 Å². The van der Waals surface area contributed by atoms with Crippen molar-refractivity contribution in [3.05, 3.63) is 40.7 Å². The number of hydrogen-bond acceptors (Lipinski definition) is 3. The van der Waals surface area contributed by atoms with Crippen LogP contribution in [0.15, 0.2) is 18.2 Å². The summed E-state index contributed by atoms with van der Waals surface area (Å²) in [7, 11) is 0. The van der Waals surface area contributed by atoms with E-state index in [1.54, 1.807) is 4.68 Å². The third-order valence-corrected chi connectivity index (χ3v) is 2.83. The van der Waals surface area contributed by atoms with Crippen LogP contribution < -0.4 is 0 Å². The Balaban J connectivity index is 2.63. The summed E-state index contributed by atoms with van der Waals surface area (Å²) in [6, 6.07) is 6.16. The molecular formula is C13H15N3O. The fourth-order valence-electron chi connectivity index (χ4n) is 1.88. The van der Waals surface area contributed by atoms with Gasteiger partial charge in [0.15, 0.2) is 6.29 Å². The number of benzene rings is 1. The fourth-order valence-corrected chi connectivity index (χ4v) is 1.88. The molecule has 0 amide bonds. The summed E-state index contributed by atoms with van der Waals surface area (Å²) in [5, 5.41) is 7.96. The third-order valence-electron chi connectivity index (χ3n) is 2.83. The first-order chi connectivity index (χ1) is 8.17. The van der Waals surface area contributed by atoms with Gasteiger partial charge in [-0.15, -0.1) is 5.10 Å². The molecule has 88 valence electrons. The fraction of sp³-hybridized carbons (Fsp3) is 0.308. The van der Waals surface area contributed by atoms with Gasteiger partial charge in [-0.1, -0.05) is 24.3 Å². The number of aldehydes is 1. The molecule has 0 saturated heterocycles. The second-order valence-corrected chi connectivity index (χ2v) is 4.09. The highest BCUT2D eigenvalue weighted by molar-refractivity contribution is 5.73. The van der Waals surface area contributed by atoms with E-state index in [-0.39, 0.29) is 0 Å². The quantitative estimate of drug-likeness (QED) is 0.758. The molecule has 0 aliphatic rings. The van der Waals surface area contributed by atoms with Crippen molar-refractivity contribution < 1.29 is 4.79 Å². The van der Waals surface area contributed by atoms with Crippen LogP contribution in [0, 0.1) is 13.8 Å². The lowest BCUT2D eigenvalue weighted by Gasteiger charge is -2.09. The van der Waals surface area contributed by atoms with Crippen molar-refractivity contribution in [1.29, 1.82) is 0 Å². The van der Waals surface area contributed by atoms with Gasteiger partial charge in [-0.3, -0.25) is 4.79 Å². The number of aryl methyl sites for hydroxylation is 2. The minimum absolute atomic E-state index is 0.424. The Morgan fingerprint density at radius 2 is 2.12 bits per heavy atom. The van der Waals surface area contributed by atoms with Gasteiger partial charge in [-0.05, 0) is 37.5 Å². The van der Waals surface area contributed by atoms with Crippen LogP contribution in [0.4, 0.5) is 0 Å². The van der Waals surface area contributed by atoms with E-state index in [1.807, 2.05) is 26.8 Å². The van der Waals surface area contributed by atoms with Crippen molar-refractivity contribution in [3.63, 3.8) is 0 Å². The molecule has 4 nitrogen and oxygen atoms in total. The lowest BCUT2D eigenvalue weighted by atomic mass is 10.1. The molecule has 0 aliphatic carbocycles. The number of aromatic nitrogens is 3. The lowest BCUT2D eigenvalue weighted by Crippen LogP contribution is -2.04. The third kappa shape index (κ3) is 1.98. The predicted octanol–water partition coefficient (Wildman–Crippen LogP) is 2.26. The van der Waals surface area contributed by atoms with E-state index >= 15 is 0 Å². The lowest BCUT2D eigenvalue weighted by molar-refractivity contribution is 0.111. The molecule has 0 aliphatic heterocycles. The van der Waals surface area contributed by atoms with Crippen LogP contribution >= 0.6 is 0 Å². The molecule has 4 heteroatoms. The highest BCUT2D eigenvalue weighted by Crippen LogP contribution is 2.18. The molecule has 0 bridgehead atoms. The van der Waals surface area contributed by atoms with Crippen molar-refractivity contribution in [2.75, 3.05) is 0 Å². The summed E-state index contributed by atoms with van der Waals surface area (Å²) < 4.78 is 1.76. The van der Waals surface area contributed by atoms with Gasteiger partial charge < -0.3 is 0 Å². The van der Waals surface area contributed by atoms with E-state index in [2.05, 4.69) is 22.4 Å². The number of rotatable bonds is 3. The average molecular weight is 229 g/mol. The minimum atomic E-state index is 0.424. The Hall–Kier alpha value is -1.97. The molecule has 1 aromatic heterocycles. The van der Waals surface area contributed by atoms with E-state index in [0.717, 1.165) is 35.2 Å². The molecule has 17 heavy (non-hydrogen) atoms. The van der Waals surface area contributed by atoms with Crippen LogP contribution in [0.2, 0.25) is 0 Å². The van der Waals surface area contributed by atoms with Crippen LogP contribution in [0.3, 0.4) is 0 Å². The van der Waals surface area contributed by atoms with E-state index in [1.165, 1.54) is 0 Å². The molecular weight excluding hydrogens is 214 g/mol. The van der Waals surface area contributed by atoms with Gasteiger partial charge in [0.2, 0.25) is 0 Å². The Morgan fingerprint density at radius 1 is 1.35 bits per heavy atom. The average Bonchev–Trinajstić information content (AvgIpc) is 2.74. The van der Waals surface area contributed by atoms with Crippen molar-refractivity contribution in [2.24, 2.45) is 0 Å². The summed E-state index contributed by atoms with van der Waals surface area (Å²) in [4.78, 5) is 10.9. The molecule has 0 unspecified atom stereocenters. The molecule has 0 fully saturated rings. The van der Waals surface area contributed by atoms with Gasteiger partial charge in [0.25, 0.3) is 0 Å². The molecule has 1 aromatic carbocycles. The van der Waals surface area contributed by atoms with Crippen LogP contribution in [-0.2, 0) is 6.42 Å². The maximum absolute atomic E-state index is 10.9. The smallest absolute Gasteiger partial charge is 0.172 e. The Bertz CT molecular complexity index is 558. The van der Waals surface area contributed by atoms with Gasteiger partial charge in [0.05, 0.1) is 11.4 Å². The molecule has 0 saturated carbocycles. The maximum atomic E-state index is 10.9. The SMILES string of the molecule is CCc1c(C=O)nnn1-c1cc(C)ccc1C. The molecule has 0 N–H and O–H groups in total. The number of carbonyl (C=O) groups is 1. The van der Waals surface area contributed by atoms with Gasteiger partial charge in [0, 0.05) is 0 Å². The summed E-state index contributed by atoms with van der Waals surface area (Å²) >= 11 is 0. The van der Waals surface area contributed by atoms with Gasteiger partial charge in [-0.25, -0.2) is 4.68 Å². The molecule has 1 heterocycles. The molecule has 2 aromatic rings. The van der Waals surface area contributed by atoms with Crippen LogP contribution in [-0.4, -0.2) is 21.3 Å². The summed E-state index contributed by atoms with van der Waals surface area (Å²) in [6.07, 6.45) is 1.49. The summed E-state index contributed by atoms with van der Waals surface area (Å²) in [6.45, 7) is 6.05. The standard InChI is InChI=1S/C13H15N3O/c1-4-12-11(8-17)14-15-16(12)13-7-9(2)5-6-10(13)3/h5-8H,4H2,1-3H3. The van der Waals surface area contributed by atoms with Crippen LogP contribution in [0.25, 0.3) is 5.69 Å². The van der Waals surface area contributed by atoms with Crippen molar-refractivity contribution in [3.8, 4) is 5.69 Å². The van der Waals surface area contributed by atoms with Gasteiger partial charge in [0.1, 0.15) is 5.69 Å². The second kappa shape index (κ2) is 4.49. The molecule has 0 radical (unpaired) electrons. The first-order valence-electron chi connectivity index (χ1n) is 5.64. The highest BCUT2D eigenvalue weighted by Gasteiger charge is 2.13. The number of nitrogens with zero attached hydrogens (tertiary/aromatic N) is 3. The monoisotopic (exact) mass is 229 g/mol. The van der Waals surface area contributed by atoms with Crippen molar-refractivity contribution in [1.82, 2.24) is 15.0 Å². The second-order valence-electron chi connectivity index (χ2n) is 4.09. The molecule has 0 spiro atoms. The topological polar surface area (TPSA) is 47.8 Å². The zero-order valence-corrected chi connectivity index (χ0v) is 10.3. The normalized spacial score (nSPS) is 10.5. The zero-order chi connectivity index (χ0) is 12.4. The van der Waals surface area contributed by atoms with E-state index in [0.29, 0.717) is 5.69 Å². The van der Waals surface area contributed by atoms with E-state index in [4.69, 9.17) is 0 Å². The highest BCUT2D eigenvalue weighted by atomic mass is 16.1. The van der Waals surface area contributed by atoms with Crippen LogP contribution in [0.5, 0.6) is 0 Å². The number of carbonyl (C=O) groups excluding carboxylic acids is 1. The summed E-state index contributed by atoms with van der Waals surface area (Å²) in [5.41, 5.74) is 4.55. The Morgan fingerprint density at radius 3 is 2.76 bits per heavy atom. The predicted molar refractivity (Wildman–Crippen MR) is 65.6 cm³/mol. The van der Waals surface area contributed by atoms with Gasteiger partial charge in [-0.2, -0.15) is 0 Å². The zero-order valence-electron chi connectivity index (χ0n) is 10.3.